The molecule has 0 fully saturated rings. The number of pyridine rings is 1. The van der Waals surface area contributed by atoms with Crippen LogP contribution in [0.5, 0.6) is 0 Å². The van der Waals surface area contributed by atoms with Gasteiger partial charge in [0.15, 0.2) is 0 Å². The minimum atomic E-state index is -0.198. The summed E-state index contributed by atoms with van der Waals surface area (Å²) in [4.78, 5) is 4.25. The van der Waals surface area contributed by atoms with Crippen molar-refractivity contribution in [3.8, 4) is 0 Å². The van der Waals surface area contributed by atoms with E-state index in [1.165, 1.54) is 6.07 Å². The molecule has 2 aromatic rings. The number of hydrogen-bond donors (Lipinski definition) is 1. The van der Waals surface area contributed by atoms with Crippen LogP contribution in [0, 0.1) is 5.82 Å². The van der Waals surface area contributed by atoms with E-state index in [9.17, 15) is 4.39 Å². The standard InChI is InChI=1S/C15H16BrFN2/c16-12-4-7-15(17)11(9-12)10-13(18)5-6-14-3-1-2-8-19-14/h1-4,7-9,13H,5-6,10,18H2. The predicted molar refractivity (Wildman–Crippen MR) is 78.3 cm³/mol. The van der Waals surface area contributed by atoms with Gasteiger partial charge in [-0.2, -0.15) is 0 Å². The molecule has 0 saturated heterocycles. The molecule has 0 bridgehead atoms. The number of hydrogen-bond acceptors (Lipinski definition) is 2. The highest BCUT2D eigenvalue weighted by Crippen LogP contribution is 2.17. The molecule has 2 N–H and O–H groups in total. The largest absolute Gasteiger partial charge is 0.327 e. The zero-order valence-corrected chi connectivity index (χ0v) is 12.1. The van der Waals surface area contributed by atoms with E-state index >= 15 is 0 Å². The second kappa shape index (κ2) is 6.78. The Kier molecular flexibility index (Phi) is 5.05. The minimum absolute atomic E-state index is 0.0641. The van der Waals surface area contributed by atoms with Crippen molar-refractivity contribution in [2.45, 2.75) is 25.3 Å². The Hall–Kier alpha value is -1.26. The van der Waals surface area contributed by atoms with E-state index in [1.807, 2.05) is 18.2 Å². The van der Waals surface area contributed by atoms with Crippen LogP contribution >= 0.6 is 15.9 Å². The van der Waals surface area contributed by atoms with Gasteiger partial charge in [0.05, 0.1) is 0 Å². The van der Waals surface area contributed by atoms with Crippen LogP contribution < -0.4 is 5.73 Å². The summed E-state index contributed by atoms with van der Waals surface area (Å²) in [7, 11) is 0. The van der Waals surface area contributed by atoms with Crippen molar-refractivity contribution >= 4 is 15.9 Å². The second-order valence-electron chi connectivity index (χ2n) is 4.56. The normalized spacial score (nSPS) is 12.4. The molecule has 0 aliphatic rings. The highest BCUT2D eigenvalue weighted by Gasteiger charge is 2.09. The van der Waals surface area contributed by atoms with Gasteiger partial charge in [-0.05, 0) is 55.2 Å². The number of rotatable bonds is 5. The van der Waals surface area contributed by atoms with Crippen LogP contribution in [0.2, 0.25) is 0 Å². The van der Waals surface area contributed by atoms with Gasteiger partial charge in [0.1, 0.15) is 5.82 Å². The number of nitrogens with zero attached hydrogens (tertiary/aromatic N) is 1. The van der Waals surface area contributed by atoms with Crippen molar-refractivity contribution in [1.82, 2.24) is 4.98 Å². The maximum Gasteiger partial charge on any atom is 0.126 e. The molecule has 0 radical (unpaired) electrons. The van der Waals surface area contributed by atoms with Crippen LogP contribution in [0.4, 0.5) is 4.39 Å². The summed E-state index contributed by atoms with van der Waals surface area (Å²) in [5.41, 5.74) is 7.74. The van der Waals surface area contributed by atoms with E-state index in [1.54, 1.807) is 18.3 Å². The molecular formula is C15H16BrFN2. The van der Waals surface area contributed by atoms with Gasteiger partial charge in [-0.25, -0.2) is 4.39 Å². The summed E-state index contributed by atoms with van der Waals surface area (Å²) in [5, 5.41) is 0. The Morgan fingerprint density at radius 2 is 2.11 bits per heavy atom. The summed E-state index contributed by atoms with van der Waals surface area (Å²) >= 11 is 3.34. The maximum absolute atomic E-state index is 13.6. The highest BCUT2D eigenvalue weighted by atomic mass is 79.9. The third-order valence-electron chi connectivity index (χ3n) is 2.99. The zero-order chi connectivity index (χ0) is 13.7. The fourth-order valence-corrected chi connectivity index (χ4v) is 2.37. The second-order valence-corrected chi connectivity index (χ2v) is 5.48. The summed E-state index contributed by atoms with van der Waals surface area (Å²) in [5.74, 6) is -0.198. The van der Waals surface area contributed by atoms with Gasteiger partial charge >= 0.3 is 0 Å². The zero-order valence-electron chi connectivity index (χ0n) is 10.5. The first-order valence-electron chi connectivity index (χ1n) is 6.24. The molecule has 0 saturated carbocycles. The molecule has 19 heavy (non-hydrogen) atoms. The number of aryl methyl sites for hydroxylation is 1. The first-order valence-corrected chi connectivity index (χ1v) is 7.04. The van der Waals surface area contributed by atoms with Gasteiger partial charge in [0.25, 0.3) is 0 Å². The fraction of sp³-hybridized carbons (Fsp3) is 0.267. The highest BCUT2D eigenvalue weighted by molar-refractivity contribution is 9.10. The topological polar surface area (TPSA) is 38.9 Å². The summed E-state index contributed by atoms with van der Waals surface area (Å²) in [6.45, 7) is 0. The minimum Gasteiger partial charge on any atom is -0.327 e. The molecule has 1 heterocycles. The Morgan fingerprint density at radius 3 is 2.84 bits per heavy atom. The first-order chi connectivity index (χ1) is 9.15. The summed E-state index contributed by atoms with van der Waals surface area (Å²) < 4.78 is 14.5. The van der Waals surface area contributed by atoms with Crippen LogP contribution in [0.3, 0.4) is 0 Å². The van der Waals surface area contributed by atoms with Gasteiger partial charge in [-0.3, -0.25) is 4.98 Å². The SMILES string of the molecule is NC(CCc1ccccn1)Cc1cc(Br)ccc1F. The Balaban J connectivity index is 1.90. The van der Waals surface area contributed by atoms with E-state index in [0.29, 0.717) is 12.0 Å². The maximum atomic E-state index is 13.6. The molecule has 4 heteroatoms. The van der Waals surface area contributed by atoms with Crippen LogP contribution in [0.1, 0.15) is 17.7 Å². The van der Waals surface area contributed by atoms with Gasteiger partial charge in [-0.1, -0.05) is 22.0 Å². The Labute approximate surface area is 121 Å². The van der Waals surface area contributed by atoms with E-state index < -0.39 is 0 Å². The lowest BCUT2D eigenvalue weighted by Crippen LogP contribution is -2.24. The van der Waals surface area contributed by atoms with Gasteiger partial charge < -0.3 is 5.73 Å². The third-order valence-corrected chi connectivity index (χ3v) is 3.48. The molecular weight excluding hydrogens is 307 g/mol. The van der Waals surface area contributed by atoms with E-state index in [4.69, 9.17) is 5.73 Å². The molecule has 2 rings (SSSR count). The molecule has 1 aromatic heterocycles. The van der Waals surface area contributed by atoms with Gasteiger partial charge in [0.2, 0.25) is 0 Å². The van der Waals surface area contributed by atoms with Crippen LogP contribution in [-0.4, -0.2) is 11.0 Å². The van der Waals surface area contributed by atoms with Crippen molar-refractivity contribution in [2.75, 3.05) is 0 Å². The van der Waals surface area contributed by atoms with Crippen LogP contribution in [0.15, 0.2) is 47.1 Å². The number of aromatic nitrogens is 1. The number of halogens is 2. The number of benzene rings is 1. The van der Waals surface area contributed by atoms with Gasteiger partial charge in [0, 0.05) is 22.4 Å². The molecule has 100 valence electrons. The summed E-state index contributed by atoms with van der Waals surface area (Å²) in [6.07, 6.45) is 3.92. The lowest BCUT2D eigenvalue weighted by Gasteiger charge is -2.12. The predicted octanol–water partition coefficient (Wildman–Crippen LogP) is 3.49. The van der Waals surface area contributed by atoms with Crippen molar-refractivity contribution in [3.05, 3.63) is 64.1 Å². The lowest BCUT2D eigenvalue weighted by molar-refractivity contribution is 0.564. The van der Waals surface area contributed by atoms with Gasteiger partial charge in [-0.15, -0.1) is 0 Å². The molecule has 1 unspecified atom stereocenters. The average Bonchev–Trinajstić information content (AvgIpc) is 2.42. The van der Waals surface area contributed by atoms with Crippen LogP contribution in [-0.2, 0) is 12.8 Å². The monoisotopic (exact) mass is 322 g/mol. The Bertz CT molecular complexity index is 531. The Morgan fingerprint density at radius 1 is 1.26 bits per heavy atom. The molecule has 0 amide bonds. The first kappa shape index (κ1) is 14.2. The average molecular weight is 323 g/mol. The van der Waals surface area contributed by atoms with E-state index in [-0.39, 0.29) is 11.9 Å². The lowest BCUT2D eigenvalue weighted by atomic mass is 10.0. The number of nitrogens with two attached hydrogens (primary N) is 1. The van der Waals surface area contributed by atoms with Crippen molar-refractivity contribution in [3.63, 3.8) is 0 Å². The van der Waals surface area contributed by atoms with E-state index in [2.05, 4.69) is 20.9 Å². The molecule has 2 nitrogen and oxygen atoms in total. The smallest absolute Gasteiger partial charge is 0.126 e. The van der Waals surface area contributed by atoms with Crippen LogP contribution in [0.25, 0.3) is 0 Å². The van der Waals surface area contributed by atoms with E-state index in [0.717, 1.165) is 23.0 Å². The quantitative estimate of drug-likeness (QED) is 0.915. The fourth-order valence-electron chi connectivity index (χ4n) is 1.96. The summed E-state index contributed by atoms with van der Waals surface area (Å²) in [6, 6.07) is 10.7. The van der Waals surface area contributed by atoms with Crippen molar-refractivity contribution < 1.29 is 4.39 Å². The third kappa shape index (κ3) is 4.40. The van der Waals surface area contributed by atoms with Crippen molar-refractivity contribution in [1.29, 1.82) is 0 Å². The molecule has 0 spiro atoms. The molecule has 0 aliphatic carbocycles. The molecule has 0 aliphatic heterocycles. The van der Waals surface area contributed by atoms with Crippen molar-refractivity contribution in [2.24, 2.45) is 5.73 Å². The molecule has 1 atom stereocenters. The molecule has 1 aromatic carbocycles.